The molecule has 0 saturated heterocycles. The first-order chi connectivity index (χ1) is 9.19. The molecule has 5 nitrogen and oxygen atoms in total. The van der Waals surface area contributed by atoms with E-state index >= 15 is 0 Å². The molecule has 3 rings (SSSR count). The van der Waals surface area contributed by atoms with E-state index in [9.17, 15) is 4.79 Å². The highest BCUT2D eigenvalue weighted by molar-refractivity contribution is 7.23. The summed E-state index contributed by atoms with van der Waals surface area (Å²) in [7, 11) is 0. The van der Waals surface area contributed by atoms with E-state index in [-0.39, 0.29) is 18.3 Å². The van der Waals surface area contributed by atoms with Crippen LogP contribution in [0.3, 0.4) is 0 Å². The van der Waals surface area contributed by atoms with Crippen molar-refractivity contribution >= 4 is 55.6 Å². The first-order valence-corrected chi connectivity index (χ1v) is 6.86. The molecule has 2 aromatic heterocycles. The van der Waals surface area contributed by atoms with Crippen LogP contribution in [0, 0.1) is 0 Å². The summed E-state index contributed by atoms with van der Waals surface area (Å²) >= 11 is 1.57. The number of aromatic nitrogens is 2. The number of thiophene rings is 1. The second kappa shape index (κ2) is 5.78. The quantitative estimate of drug-likeness (QED) is 0.781. The van der Waals surface area contributed by atoms with Gasteiger partial charge in [-0.1, -0.05) is 0 Å². The maximum absolute atomic E-state index is 11.1. The number of amides is 1. The lowest BCUT2D eigenvalue weighted by atomic mass is 10.2. The summed E-state index contributed by atoms with van der Waals surface area (Å²) < 4.78 is 3.05. The summed E-state index contributed by atoms with van der Waals surface area (Å²) in [4.78, 5) is 11.1. The number of hydrogen-bond donors (Lipinski definition) is 2. The fourth-order valence-electron chi connectivity index (χ4n) is 2.22. The monoisotopic (exact) mass is 310 g/mol. The van der Waals surface area contributed by atoms with Gasteiger partial charge in [-0.25, -0.2) is 0 Å². The molecule has 3 aromatic rings. The summed E-state index contributed by atoms with van der Waals surface area (Å²) in [5.41, 5.74) is 6.69. The minimum atomic E-state index is -0.0572. The molecule has 0 radical (unpaired) electrons. The summed E-state index contributed by atoms with van der Waals surface area (Å²) in [5.74, 6) is -0.0572. The van der Waals surface area contributed by atoms with Gasteiger partial charge in [-0.2, -0.15) is 5.10 Å². The number of nitrogens with two attached hydrogens (primary N) is 1. The fraction of sp³-hybridized carbons (Fsp3) is 0.231. The van der Waals surface area contributed by atoms with Crippen LogP contribution in [0.2, 0.25) is 0 Å². The van der Waals surface area contributed by atoms with Crippen molar-refractivity contribution in [3.63, 3.8) is 0 Å². The molecular formula is C13H15ClN4OS. The van der Waals surface area contributed by atoms with Gasteiger partial charge in [0, 0.05) is 28.9 Å². The number of halogens is 1. The standard InChI is InChI=1S/C13H14N4OS.ClH/c1-8(18)16-12-6-10-11(19-12)3-2-9-7-15-17(5-4-14)13(9)10;/h2-3,6-7H,4-5,14H2,1H3,(H,16,18);1H. The van der Waals surface area contributed by atoms with Crippen LogP contribution < -0.4 is 11.1 Å². The maximum Gasteiger partial charge on any atom is 0.221 e. The highest BCUT2D eigenvalue weighted by atomic mass is 35.5. The van der Waals surface area contributed by atoms with Gasteiger partial charge in [0.1, 0.15) is 0 Å². The molecule has 20 heavy (non-hydrogen) atoms. The molecule has 106 valence electrons. The highest BCUT2D eigenvalue weighted by Crippen LogP contribution is 2.34. The summed E-state index contributed by atoms with van der Waals surface area (Å²) in [5, 5.41) is 10.2. The van der Waals surface area contributed by atoms with Crippen LogP contribution >= 0.6 is 23.7 Å². The van der Waals surface area contributed by atoms with Gasteiger partial charge < -0.3 is 11.1 Å². The van der Waals surface area contributed by atoms with Crippen LogP contribution in [0.1, 0.15) is 6.92 Å². The Labute approximate surface area is 126 Å². The van der Waals surface area contributed by atoms with E-state index in [1.165, 1.54) is 6.92 Å². The second-order valence-electron chi connectivity index (χ2n) is 4.36. The molecule has 0 bridgehead atoms. The number of hydrogen-bond acceptors (Lipinski definition) is 4. The van der Waals surface area contributed by atoms with E-state index < -0.39 is 0 Å². The SMILES string of the molecule is CC(=O)Nc1cc2c(ccc3cnn(CCN)c32)s1.Cl. The number of rotatable bonds is 3. The molecule has 1 aromatic carbocycles. The zero-order valence-electron chi connectivity index (χ0n) is 10.9. The lowest BCUT2D eigenvalue weighted by Gasteiger charge is -2.01. The predicted molar refractivity (Wildman–Crippen MR) is 85.7 cm³/mol. The molecule has 0 aliphatic carbocycles. The molecule has 0 atom stereocenters. The molecule has 1 amide bonds. The molecule has 2 heterocycles. The third-order valence-corrected chi connectivity index (χ3v) is 3.95. The van der Waals surface area contributed by atoms with Crippen molar-refractivity contribution in [1.29, 1.82) is 0 Å². The number of benzene rings is 1. The fourth-order valence-corrected chi connectivity index (χ4v) is 3.23. The molecule has 0 aliphatic heterocycles. The zero-order valence-corrected chi connectivity index (χ0v) is 12.6. The van der Waals surface area contributed by atoms with E-state index in [1.54, 1.807) is 11.3 Å². The third-order valence-electron chi connectivity index (χ3n) is 2.94. The van der Waals surface area contributed by atoms with Gasteiger partial charge in [0.2, 0.25) is 5.91 Å². The van der Waals surface area contributed by atoms with Crippen molar-refractivity contribution in [3.05, 3.63) is 24.4 Å². The number of fused-ring (bicyclic) bond motifs is 3. The average molecular weight is 311 g/mol. The zero-order chi connectivity index (χ0) is 13.4. The lowest BCUT2D eigenvalue weighted by Crippen LogP contribution is -2.10. The topological polar surface area (TPSA) is 72.9 Å². The van der Waals surface area contributed by atoms with Crippen molar-refractivity contribution < 1.29 is 4.79 Å². The summed E-state index contributed by atoms with van der Waals surface area (Å²) in [6.45, 7) is 2.75. The molecule has 0 unspecified atom stereocenters. The first kappa shape index (κ1) is 14.8. The average Bonchev–Trinajstić information content (AvgIpc) is 2.91. The van der Waals surface area contributed by atoms with Crippen LogP contribution in [0.15, 0.2) is 24.4 Å². The van der Waals surface area contributed by atoms with Crippen molar-refractivity contribution in [2.45, 2.75) is 13.5 Å². The Morgan fingerprint density at radius 3 is 3.00 bits per heavy atom. The molecule has 7 heteroatoms. The van der Waals surface area contributed by atoms with Crippen LogP contribution in [-0.2, 0) is 11.3 Å². The number of carbonyl (C=O) groups is 1. The molecule has 0 saturated carbocycles. The van der Waals surface area contributed by atoms with Gasteiger partial charge in [0.05, 0.1) is 23.3 Å². The Kier molecular flexibility index (Phi) is 4.27. The van der Waals surface area contributed by atoms with Crippen LogP contribution in [-0.4, -0.2) is 22.2 Å². The lowest BCUT2D eigenvalue weighted by molar-refractivity contribution is -0.114. The minimum Gasteiger partial charge on any atom is -0.329 e. The third kappa shape index (κ3) is 2.49. The second-order valence-corrected chi connectivity index (χ2v) is 5.45. The molecule has 0 fully saturated rings. The van der Waals surface area contributed by atoms with E-state index in [0.717, 1.165) is 26.0 Å². The largest absolute Gasteiger partial charge is 0.329 e. The highest BCUT2D eigenvalue weighted by Gasteiger charge is 2.10. The van der Waals surface area contributed by atoms with Crippen LogP contribution in [0.5, 0.6) is 0 Å². The normalized spacial score (nSPS) is 10.7. The Morgan fingerprint density at radius 1 is 1.50 bits per heavy atom. The van der Waals surface area contributed by atoms with Gasteiger partial charge in [0.15, 0.2) is 0 Å². The minimum absolute atomic E-state index is 0. The van der Waals surface area contributed by atoms with Crippen molar-refractivity contribution in [2.24, 2.45) is 5.73 Å². The number of nitrogens with one attached hydrogen (secondary N) is 1. The Morgan fingerprint density at radius 2 is 2.30 bits per heavy atom. The predicted octanol–water partition coefficient (Wildman–Crippen LogP) is 2.59. The van der Waals surface area contributed by atoms with Crippen LogP contribution in [0.25, 0.3) is 21.0 Å². The van der Waals surface area contributed by atoms with Crippen molar-refractivity contribution in [1.82, 2.24) is 9.78 Å². The van der Waals surface area contributed by atoms with Gasteiger partial charge in [-0.05, 0) is 18.2 Å². The number of carbonyl (C=O) groups excluding carboxylic acids is 1. The van der Waals surface area contributed by atoms with Gasteiger partial charge in [0.25, 0.3) is 0 Å². The summed E-state index contributed by atoms with van der Waals surface area (Å²) in [6, 6.07) is 6.10. The van der Waals surface area contributed by atoms with Crippen LogP contribution in [0.4, 0.5) is 5.00 Å². The van der Waals surface area contributed by atoms with Gasteiger partial charge >= 0.3 is 0 Å². The van der Waals surface area contributed by atoms with Crippen molar-refractivity contribution in [2.75, 3.05) is 11.9 Å². The Bertz CT molecular complexity index is 764. The van der Waals surface area contributed by atoms with E-state index in [2.05, 4.69) is 16.5 Å². The molecule has 3 N–H and O–H groups in total. The molecule has 0 spiro atoms. The smallest absolute Gasteiger partial charge is 0.221 e. The van der Waals surface area contributed by atoms with E-state index in [1.807, 2.05) is 23.0 Å². The molecule has 0 aliphatic rings. The Balaban J connectivity index is 0.00000147. The number of anilines is 1. The van der Waals surface area contributed by atoms with Crippen molar-refractivity contribution in [3.8, 4) is 0 Å². The van der Waals surface area contributed by atoms with E-state index in [4.69, 9.17) is 5.73 Å². The maximum atomic E-state index is 11.1. The number of nitrogens with zero attached hydrogens (tertiary/aromatic N) is 2. The Hall–Kier alpha value is -1.63. The first-order valence-electron chi connectivity index (χ1n) is 6.05. The van der Waals surface area contributed by atoms with E-state index in [0.29, 0.717) is 13.1 Å². The molecular weight excluding hydrogens is 296 g/mol. The van der Waals surface area contributed by atoms with Gasteiger partial charge in [-0.15, -0.1) is 23.7 Å². The van der Waals surface area contributed by atoms with Gasteiger partial charge in [-0.3, -0.25) is 9.48 Å². The summed E-state index contributed by atoms with van der Waals surface area (Å²) in [6.07, 6.45) is 1.85.